The Hall–Kier alpha value is -3.62. The molecule has 0 saturated carbocycles. The average molecular weight is 605 g/mol. The van der Waals surface area contributed by atoms with Crippen LogP contribution in [0.4, 0.5) is 4.79 Å². The molecule has 8 nitrogen and oxygen atoms in total. The first-order valence-electron chi connectivity index (χ1n) is 15.6. The SMILES string of the molecule is Cc1cc(C)c(/C(C(=O)O)=C(\OCc2ccccc2)C2=CC[C@@H](OCCN3CCN(C(=O)OC(C)(C)C)CC3)CC2)c(C)c1. The maximum atomic E-state index is 12.8. The van der Waals surface area contributed by atoms with Crippen molar-refractivity contribution in [1.29, 1.82) is 0 Å². The van der Waals surface area contributed by atoms with Gasteiger partial charge in [-0.1, -0.05) is 54.1 Å². The molecule has 1 heterocycles. The fourth-order valence-corrected chi connectivity index (χ4v) is 5.94. The molecule has 0 spiro atoms. The highest BCUT2D eigenvalue weighted by atomic mass is 16.6. The summed E-state index contributed by atoms with van der Waals surface area (Å²) in [5, 5.41) is 10.5. The van der Waals surface area contributed by atoms with E-state index in [0.29, 0.717) is 38.3 Å². The number of hydrogen-bond acceptors (Lipinski definition) is 6. The van der Waals surface area contributed by atoms with Crippen LogP contribution in [0.2, 0.25) is 0 Å². The average Bonchev–Trinajstić information content (AvgIpc) is 2.96. The first-order valence-corrected chi connectivity index (χ1v) is 15.6. The number of hydrogen-bond donors (Lipinski definition) is 1. The van der Waals surface area contributed by atoms with E-state index in [1.54, 1.807) is 4.90 Å². The molecule has 2 aromatic rings. The molecule has 1 N–H and O–H groups in total. The van der Waals surface area contributed by atoms with Crippen molar-refractivity contribution in [3.8, 4) is 0 Å². The quantitative estimate of drug-likeness (QED) is 0.239. The van der Waals surface area contributed by atoms with Gasteiger partial charge in [-0.2, -0.15) is 0 Å². The Morgan fingerprint density at radius 1 is 0.977 bits per heavy atom. The summed E-state index contributed by atoms with van der Waals surface area (Å²) in [6.45, 7) is 16.2. The number of ether oxygens (including phenoxy) is 3. The van der Waals surface area contributed by atoms with Crippen LogP contribution in [0.1, 0.15) is 67.9 Å². The molecular formula is C36H48N2O6. The van der Waals surface area contributed by atoms with Gasteiger partial charge in [-0.25, -0.2) is 9.59 Å². The van der Waals surface area contributed by atoms with Gasteiger partial charge in [0.25, 0.3) is 0 Å². The highest BCUT2D eigenvalue weighted by Gasteiger charge is 2.28. The third-order valence-corrected chi connectivity index (χ3v) is 8.03. The maximum Gasteiger partial charge on any atom is 0.410 e. The van der Waals surface area contributed by atoms with Crippen LogP contribution in [0.15, 0.2) is 59.9 Å². The lowest BCUT2D eigenvalue weighted by molar-refractivity contribution is -0.130. The standard InChI is InChI=1S/C36H48N2O6/c1-25-22-26(2)31(27(3)23-25)32(34(39)40)33(43-24-28-10-8-7-9-11-28)29-12-14-30(15-13-29)42-21-20-37-16-18-38(19-17-37)35(41)44-36(4,5)6/h7-12,22-23,30H,13-21,24H2,1-6H3,(H,39,40)/b33-32+/t30-/m1/s1. The molecule has 1 amide bonds. The zero-order chi connectivity index (χ0) is 31.9. The summed E-state index contributed by atoms with van der Waals surface area (Å²) in [6.07, 6.45) is 4.06. The third kappa shape index (κ3) is 9.19. The molecule has 238 valence electrons. The monoisotopic (exact) mass is 604 g/mol. The van der Waals surface area contributed by atoms with Crippen molar-refractivity contribution in [2.75, 3.05) is 39.3 Å². The van der Waals surface area contributed by atoms with Gasteiger partial charge >= 0.3 is 12.1 Å². The first kappa shape index (κ1) is 33.3. The fourth-order valence-electron chi connectivity index (χ4n) is 5.94. The van der Waals surface area contributed by atoms with E-state index in [9.17, 15) is 14.7 Å². The maximum absolute atomic E-state index is 12.8. The molecule has 1 aliphatic heterocycles. The van der Waals surface area contributed by atoms with Crippen molar-refractivity contribution in [3.05, 3.63) is 87.7 Å². The van der Waals surface area contributed by atoms with Crippen molar-refractivity contribution in [1.82, 2.24) is 9.80 Å². The van der Waals surface area contributed by atoms with Crippen LogP contribution < -0.4 is 0 Å². The van der Waals surface area contributed by atoms with Gasteiger partial charge in [0.2, 0.25) is 0 Å². The number of amides is 1. The Balaban J connectivity index is 1.41. The lowest BCUT2D eigenvalue weighted by Crippen LogP contribution is -2.50. The van der Waals surface area contributed by atoms with Crippen LogP contribution >= 0.6 is 0 Å². The van der Waals surface area contributed by atoms with Gasteiger partial charge in [-0.05, 0) is 88.6 Å². The van der Waals surface area contributed by atoms with E-state index in [4.69, 9.17) is 14.2 Å². The smallest absolute Gasteiger partial charge is 0.410 e. The zero-order valence-corrected chi connectivity index (χ0v) is 27.2. The summed E-state index contributed by atoms with van der Waals surface area (Å²) in [7, 11) is 0. The second-order valence-electron chi connectivity index (χ2n) is 12.9. The summed E-state index contributed by atoms with van der Waals surface area (Å²) in [5.74, 6) is -0.549. The zero-order valence-electron chi connectivity index (χ0n) is 27.2. The molecule has 2 aliphatic rings. The number of nitrogens with zero attached hydrogens (tertiary/aromatic N) is 2. The van der Waals surface area contributed by atoms with E-state index >= 15 is 0 Å². The second-order valence-corrected chi connectivity index (χ2v) is 12.9. The van der Waals surface area contributed by atoms with Crippen LogP contribution in [-0.4, -0.2) is 78.0 Å². The summed E-state index contributed by atoms with van der Waals surface area (Å²) >= 11 is 0. The van der Waals surface area contributed by atoms with Crippen LogP contribution in [0, 0.1) is 20.8 Å². The predicted octanol–water partition coefficient (Wildman–Crippen LogP) is 6.67. The molecule has 1 fully saturated rings. The summed E-state index contributed by atoms with van der Waals surface area (Å²) in [4.78, 5) is 29.3. The van der Waals surface area contributed by atoms with Gasteiger partial charge in [0.15, 0.2) is 0 Å². The Kier molecular flexibility index (Phi) is 11.3. The molecular weight excluding hydrogens is 556 g/mol. The number of benzene rings is 2. The topological polar surface area (TPSA) is 88.5 Å². The summed E-state index contributed by atoms with van der Waals surface area (Å²) in [5.41, 5.74) is 5.28. The summed E-state index contributed by atoms with van der Waals surface area (Å²) < 4.78 is 18.1. The molecule has 1 saturated heterocycles. The molecule has 1 aliphatic carbocycles. The van der Waals surface area contributed by atoms with Gasteiger partial charge in [0.1, 0.15) is 23.5 Å². The van der Waals surface area contributed by atoms with Crippen LogP contribution in [0.3, 0.4) is 0 Å². The Bertz CT molecular complexity index is 1340. The van der Waals surface area contributed by atoms with Crippen molar-refractivity contribution in [3.63, 3.8) is 0 Å². The van der Waals surface area contributed by atoms with Crippen LogP contribution in [0.5, 0.6) is 0 Å². The Morgan fingerprint density at radius 2 is 1.64 bits per heavy atom. The molecule has 4 rings (SSSR count). The Morgan fingerprint density at radius 3 is 2.20 bits per heavy atom. The van der Waals surface area contributed by atoms with Crippen molar-refractivity contribution < 1.29 is 28.9 Å². The van der Waals surface area contributed by atoms with Crippen molar-refractivity contribution >= 4 is 17.6 Å². The lowest BCUT2D eigenvalue weighted by atomic mass is 9.88. The fraction of sp³-hybridized carbons (Fsp3) is 0.500. The first-order chi connectivity index (χ1) is 20.9. The second kappa shape index (κ2) is 14.9. The van der Waals surface area contributed by atoms with E-state index in [-0.39, 0.29) is 24.4 Å². The van der Waals surface area contributed by atoms with E-state index in [2.05, 4.69) is 11.0 Å². The van der Waals surface area contributed by atoms with E-state index < -0.39 is 11.6 Å². The van der Waals surface area contributed by atoms with Gasteiger partial charge in [-0.3, -0.25) is 4.90 Å². The molecule has 0 aromatic heterocycles. The van der Waals surface area contributed by atoms with Gasteiger partial charge in [-0.15, -0.1) is 0 Å². The highest BCUT2D eigenvalue weighted by Crippen LogP contribution is 2.35. The van der Waals surface area contributed by atoms with Crippen molar-refractivity contribution in [2.45, 2.75) is 79.1 Å². The molecule has 2 aromatic carbocycles. The highest BCUT2D eigenvalue weighted by molar-refractivity contribution is 6.17. The van der Waals surface area contributed by atoms with Gasteiger partial charge in [0.05, 0.1) is 12.7 Å². The Labute approximate surface area is 262 Å². The van der Waals surface area contributed by atoms with E-state index in [1.165, 1.54) is 0 Å². The normalized spacial score (nSPS) is 18.4. The minimum Gasteiger partial charge on any atom is -0.488 e. The lowest BCUT2D eigenvalue weighted by Gasteiger charge is -2.35. The molecule has 0 radical (unpaired) electrons. The minimum absolute atomic E-state index is 0.0632. The van der Waals surface area contributed by atoms with Gasteiger partial charge in [0, 0.05) is 32.7 Å². The van der Waals surface area contributed by atoms with Gasteiger partial charge < -0.3 is 24.2 Å². The number of carbonyl (C=O) groups is 2. The predicted molar refractivity (Wildman–Crippen MR) is 172 cm³/mol. The molecule has 8 heteroatoms. The van der Waals surface area contributed by atoms with Crippen molar-refractivity contribution in [2.24, 2.45) is 0 Å². The number of rotatable bonds is 10. The van der Waals surface area contributed by atoms with E-state index in [0.717, 1.165) is 59.4 Å². The van der Waals surface area contributed by atoms with Crippen LogP contribution in [-0.2, 0) is 25.6 Å². The largest absolute Gasteiger partial charge is 0.488 e. The molecule has 0 bridgehead atoms. The molecule has 1 atom stereocenters. The number of piperazine rings is 1. The molecule has 44 heavy (non-hydrogen) atoms. The number of aliphatic carboxylic acids is 1. The number of aryl methyl sites for hydroxylation is 3. The number of carbonyl (C=O) groups excluding carboxylic acids is 1. The third-order valence-electron chi connectivity index (χ3n) is 8.03. The summed E-state index contributed by atoms with van der Waals surface area (Å²) in [6, 6.07) is 13.9. The minimum atomic E-state index is -0.992. The number of allylic oxidation sites excluding steroid dienone is 1. The number of carboxylic acids is 1. The molecule has 0 unspecified atom stereocenters. The van der Waals surface area contributed by atoms with E-state index in [1.807, 2.05) is 84.0 Å². The number of carboxylic acid groups (broad SMARTS) is 1. The van der Waals surface area contributed by atoms with Crippen LogP contribution in [0.25, 0.3) is 5.57 Å².